The molecule has 1 fully saturated rings. The van der Waals surface area contributed by atoms with E-state index >= 15 is 0 Å². The molecule has 1 aliphatic rings. The van der Waals surface area contributed by atoms with Crippen LogP contribution in [0, 0.1) is 0 Å². The first-order valence-electron chi connectivity index (χ1n) is 6.29. The number of carbonyl (C=O) groups is 1. The lowest BCUT2D eigenvalue weighted by Crippen LogP contribution is -2.49. The van der Waals surface area contributed by atoms with Gasteiger partial charge in [-0.25, -0.2) is 9.78 Å². The van der Waals surface area contributed by atoms with Crippen molar-refractivity contribution >= 4 is 17.5 Å². The first kappa shape index (κ1) is 15.4. The van der Waals surface area contributed by atoms with Gasteiger partial charge in [0, 0.05) is 26.2 Å². The van der Waals surface area contributed by atoms with E-state index in [9.17, 15) is 18.0 Å². The predicted octanol–water partition coefficient (Wildman–Crippen LogP) is 1.05. The SMILES string of the molecule is Nc1cnc(N2CCN(CC(F)(F)F)CC2)c(C(=O)O)c1. The van der Waals surface area contributed by atoms with Gasteiger partial charge < -0.3 is 15.7 Å². The number of carboxylic acid groups (broad SMARTS) is 1. The Morgan fingerprint density at radius 3 is 2.48 bits per heavy atom. The average Bonchev–Trinajstić information content (AvgIpc) is 2.38. The summed E-state index contributed by atoms with van der Waals surface area (Å²) in [5.74, 6) is -0.925. The van der Waals surface area contributed by atoms with Gasteiger partial charge in [0.1, 0.15) is 11.4 Å². The molecule has 0 aromatic carbocycles. The number of halogens is 3. The van der Waals surface area contributed by atoms with Gasteiger partial charge in [-0.3, -0.25) is 4.90 Å². The number of rotatable bonds is 3. The van der Waals surface area contributed by atoms with Gasteiger partial charge in [0.2, 0.25) is 0 Å². The Morgan fingerprint density at radius 1 is 1.33 bits per heavy atom. The lowest BCUT2D eigenvalue weighted by atomic mass is 10.2. The highest BCUT2D eigenvalue weighted by Gasteiger charge is 2.32. The van der Waals surface area contributed by atoms with Crippen LogP contribution < -0.4 is 10.6 Å². The molecule has 9 heteroatoms. The highest BCUT2D eigenvalue weighted by Crippen LogP contribution is 2.23. The number of nitrogens with two attached hydrogens (primary N) is 1. The van der Waals surface area contributed by atoms with Crippen molar-refractivity contribution in [2.45, 2.75) is 6.18 Å². The molecule has 0 unspecified atom stereocenters. The first-order chi connectivity index (χ1) is 9.76. The van der Waals surface area contributed by atoms with Crippen molar-refractivity contribution in [3.63, 3.8) is 0 Å². The molecule has 1 saturated heterocycles. The lowest BCUT2D eigenvalue weighted by Gasteiger charge is -2.36. The van der Waals surface area contributed by atoms with Gasteiger partial charge in [-0.15, -0.1) is 0 Å². The Morgan fingerprint density at radius 2 is 1.95 bits per heavy atom. The Bertz CT molecular complexity index is 528. The van der Waals surface area contributed by atoms with E-state index in [-0.39, 0.29) is 43.2 Å². The van der Waals surface area contributed by atoms with Crippen LogP contribution in [0.25, 0.3) is 0 Å². The number of hydrogen-bond donors (Lipinski definition) is 2. The van der Waals surface area contributed by atoms with Gasteiger partial charge in [-0.05, 0) is 6.07 Å². The van der Waals surface area contributed by atoms with E-state index in [1.807, 2.05) is 0 Å². The van der Waals surface area contributed by atoms with Crippen molar-refractivity contribution in [3.8, 4) is 0 Å². The summed E-state index contributed by atoms with van der Waals surface area (Å²) in [6.07, 6.45) is -2.89. The fraction of sp³-hybridized carbons (Fsp3) is 0.500. The van der Waals surface area contributed by atoms with Gasteiger partial charge in [0.25, 0.3) is 0 Å². The van der Waals surface area contributed by atoms with Gasteiger partial charge >= 0.3 is 12.1 Å². The molecule has 0 aliphatic carbocycles. The topological polar surface area (TPSA) is 82.7 Å². The quantitative estimate of drug-likeness (QED) is 0.868. The molecule has 116 valence electrons. The number of hydrogen-bond acceptors (Lipinski definition) is 5. The Kier molecular flexibility index (Phi) is 4.21. The van der Waals surface area contributed by atoms with E-state index in [1.54, 1.807) is 4.90 Å². The number of piperazine rings is 1. The molecule has 1 aromatic heterocycles. The third kappa shape index (κ3) is 3.97. The van der Waals surface area contributed by atoms with Gasteiger partial charge in [0.05, 0.1) is 18.4 Å². The third-order valence-electron chi connectivity index (χ3n) is 3.19. The molecule has 0 saturated carbocycles. The second-order valence-electron chi connectivity index (χ2n) is 4.82. The zero-order valence-electron chi connectivity index (χ0n) is 11.1. The van der Waals surface area contributed by atoms with E-state index in [4.69, 9.17) is 10.8 Å². The molecule has 6 nitrogen and oxygen atoms in total. The molecular formula is C12H15F3N4O2. The summed E-state index contributed by atoms with van der Waals surface area (Å²) in [7, 11) is 0. The van der Waals surface area contributed by atoms with Gasteiger partial charge in [0.15, 0.2) is 0 Å². The van der Waals surface area contributed by atoms with E-state index in [0.717, 1.165) is 0 Å². The van der Waals surface area contributed by atoms with Crippen LogP contribution in [0.3, 0.4) is 0 Å². The van der Waals surface area contributed by atoms with Crippen LogP contribution in [0.4, 0.5) is 24.7 Å². The normalized spacial score (nSPS) is 17.0. The number of anilines is 2. The predicted molar refractivity (Wildman–Crippen MR) is 70.3 cm³/mol. The molecule has 2 rings (SSSR count). The zero-order chi connectivity index (χ0) is 15.6. The summed E-state index contributed by atoms with van der Waals surface area (Å²) in [5, 5.41) is 9.14. The van der Waals surface area contributed by atoms with Crippen molar-refractivity contribution in [1.82, 2.24) is 9.88 Å². The van der Waals surface area contributed by atoms with Crippen LogP contribution in [0.1, 0.15) is 10.4 Å². The maximum Gasteiger partial charge on any atom is 0.401 e. The Labute approximate surface area is 119 Å². The van der Waals surface area contributed by atoms with E-state index in [1.165, 1.54) is 17.2 Å². The van der Waals surface area contributed by atoms with E-state index < -0.39 is 18.7 Å². The van der Waals surface area contributed by atoms with Crippen LogP contribution in [0.2, 0.25) is 0 Å². The monoisotopic (exact) mass is 304 g/mol. The molecule has 0 spiro atoms. The van der Waals surface area contributed by atoms with Crippen molar-refractivity contribution in [2.24, 2.45) is 0 Å². The first-order valence-corrected chi connectivity index (χ1v) is 6.29. The second-order valence-corrected chi connectivity index (χ2v) is 4.82. The fourth-order valence-electron chi connectivity index (χ4n) is 2.25. The summed E-state index contributed by atoms with van der Waals surface area (Å²) < 4.78 is 36.9. The van der Waals surface area contributed by atoms with Crippen molar-refractivity contribution in [3.05, 3.63) is 17.8 Å². The maximum atomic E-state index is 12.3. The number of pyridine rings is 1. The highest BCUT2D eigenvalue weighted by atomic mass is 19.4. The highest BCUT2D eigenvalue weighted by molar-refractivity contribution is 5.94. The third-order valence-corrected chi connectivity index (χ3v) is 3.19. The summed E-state index contributed by atoms with van der Waals surface area (Å²) in [5.41, 5.74) is 5.69. The summed E-state index contributed by atoms with van der Waals surface area (Å²) in [6, 6.07) is 1.30. The minimum atomic E-state index is -4.23. The van der Waals surface area contributed by atoms with Gasteiger partial charge in [-0.2, -0.15) is 13.2 Å². The lowest BCUT2D eigenvalue weighted by molar-refractivity contribution is -0.146. The molecule has 2 heterocycles. The molecule has 21 heavy (non-hydrogen) atoms. The van der Waals surface area contributed by atoms with Crippen molar-refractivity contribution in [1.29, 1.82) is 0 Å². The molecule has 1 aliphatic heterocycles. The molecule has 0 radical (unpaired) electrons. The van der Waals surface area contributed by atoms with Crippen LogP contribution in [-0.2, 0) is 0 Å². The molecular weight excluding hydrogens is 289 g/mol. The van der Waals surface area contributed by atoms with E-state index in [2.05, 4.69) is 4.98 Å². The number of aromatic nitrogens is 1. The summed E-state index contributed by atoms with van der Waals surface area (Å²) >= 11 is 0. The van der Waals surface area contributed by atoms with E-state index in [0.29, 0.717) is 0 Å². The fourth-order valence-corrected chi connectivity index (χ4v) is 2.25. The molecule has 0 bridgehead atoms. The minimum absolute atomic E-state index is 0.0423. The van der Waals surface area contributed by atoms with Crippen molar-refractivity contribution in [2.75, 3.05) is 43.4 Å². The largest absolute Gasteiger partial charge is 0.478 e. The summed E-state index contributed by atoms with van der Waals surface area (Å²) in [6.45, 7) is 0.0115. The smallest absolute Gasteiger partial charge is 0.401 e. The zero-order valence-corrected chi connectivity index (χ0v) is 11.1. The molecule has 0 atom stereocenters. The number of nitrogens with zero attached hydrogens (tertiary/aromatic N) is 3. The number of aromatic carboxylic acids is 1. The maximum absolute atomic E-state index is 12.3. The standard InChI is InChI=1S/C12H15F3N4O2/c13-12(14,15)7-18-1-3-19(4-2-18)10-9(11(20)21)5-8(16)6-17-10/h5-6H,1-4,7,16H2,(H,20,21). The number of alkyl halides is 3. The molecule has 0 amide bonds. The average molecular weight is 304 g/mol. The molecule has 3 N–H and O–H groups in total. The van der Waals surface area contributed by atoms with Crippen molar-refractivity contribution < 1.29 is 23.1 Å². The second kappa shape index (κ2) is 5.76. The minimum Gasteiger partial charge on any atom is -0.478 e. The summed E-state index contributed by atoms with van der Waals surface area (Å²) in [4.78, 5) is 18.1. The number of carboxylic acids is 1. The van der Waals surface area contributed by atoms with Crippen LogP contribution in [0.5, 0.6) is 0 Å². The molecule has 1 aromatic rings. The van der Waals surface area contributed by atoms with Crippen LogP contribution >= 0.6 is 0 Å². The van der Waals surface area contributed by atoms with Crippen LogP contribution in [-0.4, -0.2) is 59.9 Å². The van der Waals surface area contributed by atoms with Gasteiger partial charge in [-0.1, -0.05) is 0 Å². The number of nitrogen functional groups attached to an aromatic ring is 1. The van der Waals surface area contributed by atoms with Crippen LogP contribution in [0.15, 0.2) is 12.3 Å². The Hall–Kier alpha value is -2.03. The Balaban J connectivity index is 2.07.